The monoisotopic (exact) mass is 284 g/mol. The summed E-state index contributed by atoms with van der Waals surface area (Å²) in [6, 6.07) is 5.84. The van der Waals surface area contributed by atoms with Gasteiger partial charge in [-0.15, -0.1) is 11.3 Å². The first-order chi connectivity index (χ1) is 8.63. The zero-order chi connectivity index (χ0) is 13.0. The lowest BCUT2D eigenvalue weighted by Gasteiger charge is -2.15. The lowest BCUT2D eigenvalue weighted by Crippen LogP contribution is -2.19. The van der Waals surface area contributed by atoms with E-state index < -0.39 is 0 Å². The summed E-state index contributed by atoms with van der Waals surface area (Å²) < 4.78 is 2.73. The Hall–Kier alpha value is -1.04. The molecule has 0 fully saturated rings. The van der Waals surface area contributed by atoms with Crippen molar-refractivity contribution in [2.24, 2.45) is 0 Å². The highest BCUT2D eigenvalue weighted by atomic mass is 35.5. The number of nitrogen functional groups attached to an aromatic ring is 1. The van der Waals surface area contributed by atoms with Crippen molar-refractivity contribution >= 4 is 28.8 Å². The van der Waals surface area contributed by atoms with Crippen molar-refractivity contribution in [3.05, 3.63) is 33.6 Å². The van der Waals surface area contributed by atoms with Crippen LogP contribution in [0.5, 0.6) is 0 Å². The largest absolute Gasteiger partial charge is 0.382 e. The van der Waals surface area contributed by atoms with Gasteiger partial charge in [-0.05, 0) is 38.2 Å². The van der Waals surface area contributed by atoms with E-state index in [1.807, 2.05) is 23.0 Å². The van der Waals surface area contributed by atoms with E-state index in [2.05, 4.69) is 23.1 Å². The van der Waals surface area contributed by atoms with Crippen LogP contribution in [0, 0.1) is 0 Å². The van der Waals surface area contributed by atoms with Crippen LogP contribution in [0.2, 0.25) is 4.34 Å². The smallest absolute Gasteiger partial charge is 0.145 e. The quantitative estimate of drug-likeness (QED) is 0.887. The van der Waals surface area contributed by atoms with E-state index in [1.54, 1.807) is 11.3 Å². The molecule has 0 spiro atoms. The van der Waals surface area contributed by atoms with Gasteiger partial charge in [0.25, 0.3) is 0 Å². The van der Waals surface area contributed by atoms with Crippen molar-refractivity contribution in [3.63, 3.8) is 0 Å². The van der Waals surface area contributed by atoms with Crippen molar-refractivity contribution in [1.29, 1.82) is 0 Å². The SMILES string of the molecule is CN(CCCn1ccc(N)n1)Cc1ccc(Cl)s1. The van der Waals surface area contributed by atoms with Crippen LogP contribution in [0.1, 0.15) is 11.3 Å². The number of nitrogens with zero attached hydrogens (tertiary/aromatic N) is 3. The van der Waals surface area contributed by atoms with Crippen LogP contribution < -0.4 is 5.73 Å². The lowest BCUT2D eigenvalue weighted by molar-refractivity contribution is 0.314. The van der Waals surface area contributed by atoms with Gasteiger partial charge < -0.3 is 10.6 Å². The molecule has 0 unspecified atom stereocenters. The molecule has 0 atom stereocenters. The standard InChI is InChI=1S/C12H17ClN4S/c1-16(9-10-3-4-11(13)18-10)6-2-7-17-8-5-12(14)15-17/h3-5,8H,2,6-7,9H2,1H3,(H2,14,15). The highest BCUT2D eigenvalue weighted by Crippen LogP contribution is 2.22. The molecule has 2 N–H and O–H groups in total. The Morgan fingerprint density at radius 3 is 2.89 bits per heavy atom. The maximum absolute atomic E-state index is 5.91. The molecule has 6 heteroatoms. The van der Waals surface area contributed by atoms with Gasteiger partial charge >= 0.3 is 0 Å². The van der Waals surface area contributed by atoms with Crippen LogP contribution in [0.15, 0.2) is 24.4 Å². The van der Waals surface area contributed by atoms with Crippen molar-refractivity contribution in [2.75, 3.05) is 19.3 Å². The molecule has 0 amide bonds. The van der Waals surface area contributed by atoms with Crippen molar-refractivity contribution < 1.29 is 0 Å². The summed E-state index contributed by atoms with van der Waals surface area (Å²) in [5.41, 5.74) is 5.56. The minimum atomic E-state index is 0.580. The summed E-state index contributed by atoms with van der Waals surface area (Å²) in [5, 5.41) is 4.16. The van der Waals surface area contributed by atoms with Crippen molar-refractivity contribution in [1.82, 2.24) is 14.7 Å². The number of hydrogen-bond donors (Lipinski definition) is 1. The predicted molar refractivity (Wildman–Crippen MR) is 76.9 cm³/mol. The second-order valence-electron chi connectivity index (χ2n) is 4.30. The molecule has 2 heterocycles. The summed E-state index contributed by atoms with van der Waals surface area (Å²) in [6.45, 7) is 2.86. The van der Waals surface area contributed by atoms with Crippen LogP contribution in [0.4, 0.5) is 5.82 Å². The lowest BCUT2D eigenvalue weighted by atomic mass is 10.3. The van der Waals surface area contributed by atoms with E-state index >= 15 is 0 Å². The van der Waals surface area contributed by atoms with Gasteiger partial charge in [-0.25, -0.2) is 0 Å². The van der Waals surface area contributed by atoms with Gasteiger partial charge in [0.2, 0.25) is 0 Å². The van der Waals surface area contributed by atoms with Crippen LogP contribution in [0.3, 0.4) is 0 Å². The Morgan fingerprint density at radius 2 is 2.28 bits per heavy atom. The second kappa shape index (κ2) is 6.22. The molecule has 0 saturated carbocycles. The Morgan fingerprint density at radius 1 is 1.44 bits per heavy atom. The fourth-order valence-corrected chi connectivity index (χ4v) is 2.95. The van der Waals surface area contributed by atoms with Gasteiger partial charge in [-0.2, -0.15) is 5.10 Å². The second-order valence-corrected chi connectivity index (χ2v) is 6.10. The van der Waals surface area contributed by atoms with Gasteiger partial charge in [-0.3, -0.25) is 4.68 Å². The number of rotatable bonds is 6. The highest BCUT2D eigenvalue weighted by Gasteiger charge is 2.03. The van der Waals surface area contributed by atoms with E-state index in [1.165, 1.54) is 4.88 Å². The molecule has 0 saturated heterocycles. The third kappa shape index (κ3) is 4.01. The van der Waals surface area contributed by atoms with Gasteiger partial charge in [0.05, 0.1) is 4.34 Å². The van der Waals surface area contributed by atoms with E-state index in [4.69, 9.17) is 17.3 Å². The maximum atomic E-state index is 5.91. The Labute approximate surface area is 116 Å². The van der Waals surface area contributed by atoms with Crippen LogP contribution >= 0.6 is 22.9 Å². The number of hydrogen-bond acceptors (Lipinski definition) is 4. The molecule has 4 nitrogen and oxygen atoms in total. The molecule has 98 valence electrons. The normalized spacial score (nSPS) is 11.3. The molecule has 0 aliphatic carbocycles. The van der Waals surface area contributed by atoms with E-state index in [-0.39, 0.29) is 0 Å². The van der Waals surface area contributed by atoms with E-state index in [0.29, 0.717) is 5.82 Å². The van der Waals surface area contributed by atoms with Gasteiger partial charge in [-0.1, -0.05) is 11.6 Å². The Balaban J connectivity index is 1.70. The van der Waals surface area contributed by atoms with Gasteiger partial charge in [0.15, 0.2) is 0 Å². The first-order valence-corrected chi connectivity index (χ1v) is 7.04. The molecular formula is C12H17ClN4S. The predicted octanol–water partition coefficient (Wildman–Crippen LogP) is 2.70. The fraction of sp³-hybridized carbons (Fsp3) is 0.417. The molecule has 2 aromatic heterocycles. The number of aromatic nitrogens is 2. The average Bonchev–Trinajstić information content (AvgIpc) is 2.88. The van der Waals surface area contributed by atoms with Gasteiger partial charge in [0.1, 0.15) is 5.82 Å². The fourth-order valence-electron chi connectivity index (χ4n) is 1.79. The number of thiophene rings is 1. The molecule has 2 rings (SSSR count). The third-order valence-corrected chi connectivity index (χ3v) is 3.86. The molecule has 0 radical (unpaired) electrons. The summed E-state index contributed by atoms with van der Waals surface area (Å²) >= 11 is 7.55. The summed E-state index contributed by atoms with van der Waals surface area (Å²) in [7, 11) is 2.12. The average molecular weight is 285 g/mol. The zero-order valence-electron chi connectivity index (χ0n) is 10.3. The van der Waals surface area contributed by atoms with Crippen LogP contribution in [-0.4, -0.2) is 28.3 Å². The zero-order valence-corrected chi connectivity index (χ0v) is 11.9. The first-order valence-electron chi connectivity index (χ1n) is 5.85. The maximum Gasteiger partial charge on any atom is 0.145 e. The van der Waals surface area contributed by atoms with E-state index in [9.17, 15) is 0 Å². The Bertz CT molecular complexity index is 494. The molecule has 0 aliphatic rings. The summed E-state index contributed by atoms with van der Waals surface area (Å²) in [6.07, 6.45) is 2.96. The number of anilines is 1. The summed E-state index contributed by atoms with van der Waals surface area (Å²) in [4.78, 5) is 3.58. The molecule has 0 bridgehead atoms. The molecule has 0 aromatic carbocycles. The topological polar surface area (TPSA) is 47.1 Å². The van der Waals surface area contributed by atoms with Crippen molar-refractivity contribution in [3.8, 4) is 0 Å². The number of halogens is 1. The number of nitrogens with two attached hydrogens (primary N) is 1. The first kappa shape index (κ1) is 13.4. The molecule has 2 aromatic rings. The van der Waals surface area contributed by atoms with E-state index in [0.717, 1.165) is 30.4 Å². The molecule has 0 aliphatic heterocycles. The third-order valence-electron chi connectivity index (χ3n) is 2.64. The van der Waals surface area contributed by atoms with Crippen LogP contribution in [-0.2, 0) is 13.1 Å². The minimum Gasteiger partial charge on any atom is -0.382 e. The highest BCUT2D eigenvalue weighted by molar-refractivity contribution is 7.16. The van der Waals surface area contributed by atoms with Gasteiger partial charge in [0, 0.05) is 24.2 Å². The Kier molecular flexibility index (Phi) is 4.63. The number of aryl methyl sites for hydroxylation is 1. The summed E-state index contributed by atoms with van der Waals surface area (Å²) in [5.74, 6) is 0.580. The minimum absolute atomic E-state index is 0.580. The molecule has 18 heavy (non-hydrogen) atoms. The van der Waals surface area contributed by atoms with Crippen molar-refractivity contribution in [2.45, 2.75) is 19.5 Å². The van der Waals surface area contributed by atoms with Crippen LogP contribution in [0.25, 0.3) is 0 Å². The molecular weight excluding hydrogens is 268 g/mol.